The maximum atomic E-state index is 15.5. The predicted octanol–water partition coefficient (Wildman–Crippen LogP) is 1.25. The summed E-state index contributed by atoms with van der Waals surface area (Å²) in [6.07, 6.45) is 2.99. The van der Waals surface area contributed by atoms with Gasteiger partial charge in [-0.15, -0.1) is 11.8 Å². The van der Waals surface area contributed by atoms with Crippen molar-refractivity contribution in [2.45, 2.75) is 36.2 Å². The summed E-state index contributed by atoms with van der Waals surface area (Å²) < 4.78 is 17.2. The van der Waals surface area contributed by atoms with Gasteiger partial charge < -0.3 is 30.1 Å². The van der Waals surface area contributed by atoms with Crippen molar-refractivity contribution in [3.63, 3.8) is 0 Å². The fourth-order valence-corrected chi connectivity index (χ4v) is 8.25. The van der Waals surface area contributed by atoms with Crippen LogP contribution in [0.25, 0.3) is 10.9 Å². The van der Waals surface area contributed by atoms with Crippen molar-refractivity contribution in [2.24, 2.45) is 0 Å². The Balaban J connectivity index is 0.00000448. The van der Waals surface area contributed by atoms with E-state index in [-0.39, 0.29) is 70.2 Å². The molecular weight excluding hydrogens is 696 g/mol. The van der Waals surface area contributed by atoms with Gasteiger partial charge in [0.05, 0.1) is 11.2 Å². The van der Waals surface area contributed by atoms with E-state index in [4.69, 9.17) is 0 Å². The molecule has 3 aromatic rings. The van der Waals surface area contributed by atoms with Gasteiger partial charge in [-0.25, -0.2) is 14.0 Å². The first-order valence-electron chi connectivity index (χ1n) is 16.0. The van der Waals surface area contributed by atoms with Crippen LogP contribution in [-0.2, 0) is 19.2 Å². The molecule has 1 aromatic heterocycles. The number of halogens is 1. The summed E-state index contributed by atoms with van der Waals surface area (Å²) in [6.45, 7) is 1.90. The molecule has 7 rings (SSSR count). The third kappa shape index (κ3) is 6.78. The molecule has 2 amide bonds. The van der Waals surface area contributed by atoms with E-state index in [1.54, 1.807) is 28.8 Å². The molecule has 3 fully saturated rings. The summed E-state index contributed by atoms with van der Waals surface area (Å²) in [5.74, 6) is -7.45. The van der Waals surface area contributed by atoms with Crippen LogP contribution in [0.4, 0.5) is 10.1 Å². The van der Waals surface area contributed by atoms with Gasteiger partial charge in [-0.1, -0.05) is 30.3 Å². The van der Waals surface area contributed by atoms with E-state index in [0.717, 1.165) is 23.8 Å². The first-order valence-corrected chi connectivity index (χ1v) is 17.1. The number of nitrogens with zero attached hydrogens (tertiary/aromatic N) is 4. The second-order valence-corrected chi connectivity index (χ2v) is 13.8. The Morgan fingerprint density at radius 2 is 1.65 bits per heavy atom. The van der Waals surface area contributed by atoms with Crippen LogP contribution >= 0.6 is 11.8 Å². The van der Waals surface area contributed by atoms with E-state index in [0.29, 0.717) is 37.3 Å². The van der Waals surface area contributed by atoms with Gasteiger partial charge >= 0.3 is 47.5 Å². The number of β-lactam (4-membered cyclic amide) rings is 1. The van der Waals surface area contributed by atoms with E-state index >= 15 is 4.39 Å². The summed E-state index contributed by atoms with van der Waals surface area (Å²) in [7, 11) is 0. The molecule has 0 spiro atoms. The Kier molecular flexibility index (Phi) is 10.3. The average Bonchev–Trinajstić information content (AvgIpc) is 3.93. The number of anilines is 1. The zero-order chi connectivity index (χ0) is 35.4. The van der Waals surface area contributed by atoms with Gasteiger partial charge in [-0.2, -0.15) is 0 Å². The number of nitrogens with one attached hydrogen (secondary N) is 1. The first kappa shape index (κ1) is 36.6. The molecule has 2 unspecified atom stereocenters. The number of carboxylic acid groups (broad SMARTS) is 3. The van der Waals surface area contributed by atoms with Crippen molar-refractivity contribution in [1.82, 2.24) is 19.7 Å². The van der Waals surface area contributed by atoms with Gasteiger partial charge in [-0.05, 0) is 36.1 Å². The monoisotopic (exact) mass is 729 g/mol. The molecule has 0 radical (unpaired) electrons. The van der Waals surface area contributed by atoms with E-state index in [1.165, 1.54) is 30.1 Å². The van der Waals surface area contributed by atoms with Gasteiger partial charge in [0.15, 0.2) is 5.92 Å². The summed E-state index contributed by atoms with van der Waals surface area (Å²) in [6, 6.07) is 9.56. The summed E-state index contributed by atoms with van der Waals surface area (Å²) in [5.41, 5.74) is 0.220. The quantitative estimate of drug-likeness (QED) is 0.133. The number of thioether (sulfide) groups is 1. The van der Waals surface area contributed by atoms with Gasteiger partial charge in [0.25, 0.3) is 5.91 Å². The number of rotatable bonds is 10. The molecule has 1 saturated carbocycles. The fraction of sp³-hybridized carbons (Fsp3) is 0.353. The normalized spacial score (nSPS) is 21.0. The van der Waals surface area contributed by atoms with Crippen molar-refractivity contribution in [3.05, 3.63) is 87.1 Å². The molecule has 4 N–H and O–H groups in total. The SMILES string of the molecule is O=C(O)C1=C(CN2CCN(c3cc4c(cc3F)c(=O)c(C(=O)O)cn4C3CC3)CC2)CS[C@@H]2C(NC(=O)C(C(=O)O)c3ccccc3)C(=O)N12.[NaH]. The molecule has 17 heteroatoms. The molecule has 1 aliphatic carbocycles. The first-order chi connectivity index (χ1) is 23.9. The van der Waals surface area contributed by atoms with Crippen molar-refractivity contribution >= 4 is 87.6 Å². The van der Waals surface area contributed by atoms with Crippen molar-refractivity contribution in [1.29, 1.82) is 0 Å². The molecule has 3 aliphatic heterocycles. The van der Waals surface area contributed by atoms with Gasteiger partial charge in [0.1, 0.15) is 28.5 Å². The number of aliphatic carboxylic acids is 2. The van der Waals surface area contributed by atoms with Crippen molar-refractivity contribution < 1.29 is 43.7 Å². The number of pyridine rings is 1. The van der Waals surface area contributed by atoms with Crippen LogP contribution in [0.5, 0.6) is 0 Å². The average molecular weight is 730 g/mol. The third-order valence-corrected chi connectivity index (χ3v) is 10.9. The van der Waals surface area contributed by atoms with E-state index < -0.39 is 63.9 Å². The molecular formula is C34H33FN5NaO9S. The number of hydrogen-bond acceptors (Lipinski definition) is 9. The molecule has 2 saturated heterocycles. The van der Waals surface area contributed by atoms with Crippen LogP contribution < -0.4 is 15.6 Å². The molecule has 262 valence electrons. The van der Waals surface area contributed by atoms with Crippen molar-refractivity contribution in [2.75, 3.05) is 43.4 Å². The topological polar surface area (TPSA) is 190 Å². The zero-order valence-electron chi connectivity index (χ0n) is 26.5. The van der Waals surface area contributed by atoms with E-state index in [9.17, 15) is 44.1 Å². The van der Waals surface area contributed by atoms with Crippen molar-refractivity contribution in [3.8, 4) is 0 Å². The Morgan fingerprint density at radius 3 is 2.25 bits per heavy atom. The number of aromatic carboxylic acids is 1. The van der Waals surface area contributed by atoms with E-state index in [1.807, 2.05) is 9.80 Å². The Hall–Kier alpha value is -4.22. The summed E-state index contributed by atoms with van der Waals surface area (Å²) >= 11 is 1.28. The standard InChI is InChI=1S/C34H32FN5O9S.Na.H/c35-22-12-20-23(39(19-6-7-19)15-21(28(20)41)32(44)45)13-24(22)38-10-8-37(9-11-38)14-18-16-50-31-26(30(43)40(31)27(18)34(48)49)36-29(42)25(33(46)47)17-4-2-1-3-5-17;;/h1-5,12-13,15,19,25-26,31H,6-11,14,16H2,(H,36,42)(H,44,45)(H,46,47)(H,48,49);;/t25?,26?,31-;;/m1../s1. The second kappa shape index (κ2) is 14.4. The molecule has 51 heavy (non-hydrogen) atoms. The molecule has 4 heterocycles. The number of carboxylic acids is 3. The number of hydrogen-bond donors (Lipinski definition) is 4. The van der Waals surface area contributed by atoms with Crippen LogP contribution in [0.2, 0.25) is 0 Å². The van der Waals surface area contributed by atoms with Crippen LogP contribution in [0.15, 0.2) is 64.7 Å². The van der Waals surface area contributed by atoms with Gasteiger partial charge in [0.2, 0.25) is 11.3 Å². The molecule has 3 atom stereocenters. The Bertz CT molecular complexity index is 2050. The summed E-state index contributed by atoms with van der Waals surface area (Å²) in [4.78, 5) is 80.1. The van der Waals surface area contributed by atoms with Crippen LogP contribution in [-0.4, -0.2) is 139 Å². The Labute approximate surface area is 316 Å². The van der Waals surface area contributed by atoms with Crippen LogP contribution in [0.3, 0.4) is 0 Å². The number of piperazine rings is 1. The maximum absolute atomic E-state index is 15.5. The Morgan fingerprint density at radius 1 is 0.961 bits per heavy atom. The second-order valence-electron chi connectivity index (χ2n) is 12.7. The van der Waals surface area contributed by atoms with Crippen LogP contribution in [0, 0.1) is 5.82 Å². The number of benzene rings is 2. The molecule has 4 aliphatic rings. The minimum atomic E-state index is -1.54. The number of fused-ring (bicyclic) bond motifs is 2. The van der Waals surface area contributed by atoms with Gasteiger partial charge in [-0.3, -0.25) is 29.0 Å². The molecule has 14 nitrogen and oxygen atoms in total. The predicted molar refractivity (Wildman–Crippen MR) is 186 cm³/mol. The number of amides is 2. The number of aromatic nitrogens is 1. The van der Waals surface area contributed by atoms with Gasteiger partial charge in [0, 0.05) is 56.1 Å². The van der Waals surface area contributed by atoms with E-state index in [2.05, 4.69) is 5.32 Å². The third-order valence-electron chi connectivity index (χ3n) is 9.59. The molecule has 2 aromatic carbocycles. The number of carbonyl (C=O) groups is 5. The summed E-state index contributed by atoms with van der Waals surface area (Å²) in [5, 5.41) is 31.2. The zero-order valence-corrected chi connectivity index (χ0v) is 27.3. The minimum absolute atomic E-state index is 0. The number of carbonyl (C=O) groups excluding carboxylic acids is 2. The van der Waals surface area contributed by atoms with Crippen LogP contribution in [0.1, 0.15) is 40.7 Å². The molecule has 0 bridgehead atoms. The fourth-order valence-electron chi connectivity index (χ4n) is 6.92.